The molecule has 0 aliphatic rings. The summed E-state index contributed by atoms with van der Waals surface area (Å²) in [7, 11) is -1.82. The Morgan fingerprint density at radius 2 is 2.19 bits per heavy atom. The zero-order valence-corrected chi connectivity index (χ0v) is 12.9. The number of rotatable bonds is 8. The van der Waals surface area contributed by atoms with Gasteiger partial charge in [-0.25, -0.2) is 13.1 Å². The zero-order chi connectivity index (χ0) is 15.3. The Labute approximate surface area is 123 Å². The summed E-state index contributed by atoms with van der Waals surface area (Å²) >= 11 is 0. The number of hydrogen-bond acceptors (Lipinski definition) is 6. The van der Waals surface area contributed by atoms with Crippen LogP contribution in [0.1, 0.15) is 18.5 Å². The van der Waals surface area contributed by atoms with E-state index in [-0.39, 0.29) is 11.6 Å². The number of nitrogens with zero attached hydrogens (tertiary/aromatic N) is 3. The van der Waals surface area contributed by atoms with Crippen LogP contribution in [0, 0.1) is 0 Å². The molecule has 0 fully saturated rings. The Bertz CT molecular complexity index is 677. The Morgan fingerprint density at radius 1 is 1.38 bits per heavy atom. The van der Waals surface area contributed by atoms with Crippen molar-refractivity contribution in [2.45, 2.75) is 25.0 Å². The van der Waals surface area contributed by atoms with Gasteiger partial charge in [0.05, 0.1) is 6.54 Å². The highest BCUT2D eigenvalue weighted by Gasteiger charge is 2.18. The van der Waals surface area contributed by atoms with Crippen LogP contribution in [0.2, 0.25) is 0 Å². The van der Waals surface area contributed by atoms with Crippen molar-refractivity contribution < 1.29 is 12.8 Å². The van der Waals surface area contributed by atoms with E-state index in [4.69, 9.17) is 4.42 Å². The van der Waals surface area contributed by atoms with Crippen LogP contribution in [-0.2, 0) is 30.0 Å². The monoisotopic (exact) mass is 313 g/mol. The van der Waals surface area contributed by atoms with Gasteiger partial charge in [0, 0.05) is 20.0 Å². The van der Waals surface area contributed by atoms with Crippen LogP contribution in [0.25, 0.3) is 0 Å². The quantitative estimate of drug-likeness (QED) is 0.713. The molecule has 0 saturated carbocycles. The van der Waals surface area contributed by atoms with Gasteiger partial charge in [-0.15, -0.1) is 10.2 Å². The van der Waals surface area contributed by atoms with Crippen molar-refractivity contribution in [1.29, 1.82) is 0 Å². The molecule has 0 aliphatic carbocycles. The first-order chi connectivity index (χ1) is 10.0. The average Bonchev–Trinajstić information content (AvgIpc) is 3.06. The van der Waals surface area contributed by atoms with Gasteiger partial charge in [-0.05, 0) is 18.7 Å². The normalized spacial score (nSPS) is 11.9. The highest BCUT2D eigenvalue weighted by atomic mass is 32.2. The summed E-state index contributed by atoms with van der Waals surface area (Å²) in [5, 5.41) is 10.6. The van der Waals surface area contributed by atoms with Crippen LogP contribution >= 0.6 is 0 Å². The van der Waals surface area contributed by atoms with Gasteiger partial charge in [-0.3, -0.25) is 0 Å². The van der Waals surface area contributed by atoms with Gasteiger partial charge in [0.2, 0.25) is 5.09 Å². The molecule has 0 amide bonds. The van der Waals surface area contributed by atoms with Gasteiger partial charge in [0.25, 0.3) is 10.0 Å². The van der Waals surface area contributed by atoms with E-state index in [2.05, 4.69) is 20.2 Å². The molecule has 2 aromatic heterocycles. The first kappa shape index (κ1) is 15.7. The minimum absolute atomic E-state index is 0.0756. The van der Waals surface area contributed by atoms with Gasteiger partial charge < -0.3 is 14.3 Å². The van der Waals surface area contributed by atoms with Gasteiger partial charge in [-0.1, -0.05) is 6.92 Å². The average molecular weight is 313 g/mol. The Morgan fingerprint density at radius 3 is 2.86 bits per heavy atom. The first-order valence-electron chi connectivity index (χ1n) is 6.65. The number of hydrogen-bond donors (Lipinski definition) is 2. The van der Waals surface area contributed by atoms with Crippen molar-refractivity contribution in [3.05, 3.63) is 30.0 Å². The van der Waals surface area contributed by atoms with Gasteiger partial charge >= 0.3 is 0 Å². The Hall–Kier alpha value is -1.71. The number of aryl methyl sites for hydroxylation is 1. The van der Waals surface area contributed by atoms with E-state index in [1.54, 1.807) is 17.0 Å². The zero-order valence-electron chi connectivity index (χ0n) is 12.0. The smallest absolute Gasteiger partial charge is 0.273 e. The van der Waals surface area contributed by atoms with E-state index in [1.165, 1.54) is 6.07 Å². The molecular formula is C12H19N5O3S. The second-order valence-corrected chi connectivity index (χ2v) is 6.20. The van der Waals surface area contributed by atoms with Crippen LogP contribution in [0.4, 0.5) is 0 Å². The summed E-state index contributed by atoms with van der Waals surface area (Å²) in [5.41, 5.74) is 0. The Balaban J connectivity index is 1.92. The molecule has 8 nitrogen and oxygen atoms in total. The first-order valence-corrected chi connectivity index (χ1v) is 8.13. The molecule has 116 valence electrons. The van der Waals surface area contributed by atoms with E-state index < -0.39 is 10.0 Å². The van der Waals surface area contributed by atoms with E-state index in [0.717, 1.165) is 6.54 Å². The minimum Gasteiger partial charge on any atom is -0.447 e. The fourth-order valence-electron chi connectivity index (χ4n) is 1.75. The van der Waals surface area contributed by atoms with Crippen molar-refractivity contribution in [3.63, 3.8) is 0 Å². The molecule has 0 atom stereocenters. The van der Waals surface area contributed by atoms with Crippen molar-refractivity contribution in [3.8, 4) is 0 Å². The molecule has 21 heavy (non-hydrogen) atoms. The number of sulfonamides is 1. The molecule has 0 spiro atoms. The van der Waals surface area contributed by atoms with Gasteiger partial charge in [0.15, 0.2) is 0 Å². The number of aromatic nitrogens is 3. The lowest BCUT2D eigenvalue weighted by atomic mass is 10.4. The lowest BCUT2D eigenvalue weighted by Gasteiger charge is -2.04. The van der Waals surface area contributed by atoms with E-state index in [0.29, 0.717) is 24.6 Å². The highest BCUT2D eigenvalue weighted by Crippen LogP contribution is 2.13. The largest absolute Gasteiger partial charge is 0.447 e. The third kappa shape index (κ3) is 4.13. The predicted molar refractivity (Wildman–Crippen MR) is 76.0 cm³/mol. The van der Waals surface area contributed by atoms with E-state index >= 15 is 0 Å². The third-order valence-electron chi connectivity index (χ3n) is 2.90. The lowest BCUT2D eigenvalue weighted by molar-refractivity contribution is 0.401. The molecule has 0 bridgehead atoms. The molecule has 0 unspecified atom stereocenters. The molecular weight excluding hydrogens is 294 g/mol. The van der Waals surface area contributed by atoms with Crippen LogP contribution < -0.4 is 10.0 Å². The highest BCUT2D eigenvalue weighted by molar-refractivity contribution is 7.89. The molecule has 2 N–H and O–H groups in total. The molecule has 2 heterocycles. The minimum atomic E-state index is -3.63. The topological polar surface area (TPSA) is 102 Å². The second kappa shape index (κ2) is 6.83. The fraction of sp³-hybridized carbons (Fsp3) is 0.500. The molecule has 0 aromatic carbocycles. The summed E-state index contributed by atoms with van der Waals surface area (Å²) in [4.78, 5) is 0. The summed E-state index contributed by atoms with van der Waals surface area (Å²) < 4.78 is 33.7. The van der Waals surface area contributed by atoms with Crippen molar-refractivity contribution in [1.82, 2.24) is 24.8 Å². The second-order valence-electron chi connectivity index (χ2n) is 4.51. The maximum atomic E-state index is 12.1. The van der Waals surface area contributed by atoms with Crippen LogP contribution in [0.15, 0.2) is 28.0 Å². The number of nitrogens with one attached hydrogen (secondary N) is 2. The summed E-state index contributed by atoms with van der Waals surface area (Å²) in [6.45, 7) is 3.50. The molecule has 9 heteroatoms. The van der Waals surface area contributed by atoms with Crippen LogP contribution in [0.3, 0.4) is 0 Å². The standard InChI is InChI=1S/C12H19N5O3S/c1-3-13-8-10-4-5-12(20-10)21(18,19)15-7-6-11-16-14-9-17(11)2/h4-5,9,13,15H,3,6-8H2,1-2H3. The molecule has 0 saturated heterocycles. The predicted octanol–water partition coefficient (Wildman–Crippen LogP) is 0.0386. The molecule has 2 rings (SSSR count). The van der Waals surface area contributed by atoms with Crippen LogP contribution in [0.5, 0.6) is 0 Å². The summed E-state index contributed by atoms with van der Waals surface area (Å²) in [5.74, 6) is 1.30. The maximum absolute atomic E-state index is 12.1. The van der Waals surface area contributed by atoms with Gasteiger partial charge in [0.1, 0.15) is 17.9 Å². The van der Waals surface area contributed by atoms with Crippen molar-refractivity contribution in [2.24, 2.45) is 7.05 Å². The van der Waals surface area contributed by atoms with E-state index in [9.17, 15) is 8.42 Å². The van der Waals surface area contributed by atoms with Crippen LogP contribution in [-0.4, -0.2) is 36.3 Å². The summed E-state index contributed by atoms with van der Waals surface area (Å²) in [6.07, 6.45) is 2.03. The maximum Gasteiger partial charge on any atom is 0.273 e. The lowest BCUT2D eigenvalue weighted by Crippen LogP contribution is -2.26. The van der Waals surface area contributed by atoms with Gasteiger partial charge in [-0.2, -0.15) is 0 Å². The SMILES string of the molecule is CCNCc1ccc(S(=O)(=O)NCCc2nncn2C)o1. The molecule has 0 aliphatic heterocycles. The Kier molecular flexibility index (Phi) is 5.10. The fourth-order valence-corrected chi connectivity index (χ4v) is 2.72. The molecule has 0 radical (unpaired) electrons. The summed E-state index contributed by atoms with van der Waals surface area (Å²) in [6, 6.07) is 3.11. The third-order valence-corrected chi connectivity index (χ3v) is 4.23. The molecule has 2 aromatic rings. The van der Waals surface area contributed by atoms with E-state index in [1.807, 2.05) is 14.0 Å². The van der Waals surface area contributed by atoms with Crippen molar-refractivity contribution in [2.75, 3.05) is 13.1 Å². The number of furan rings is 1. The van der Waals surface area contributed by atoms with Crippen molar-refractivity contribution >= 4 is 10.0 Å².